The highest BCUT2D eigenvalue weighted by molar-refractivity contribution is 6.21. The minimum atomic E-state index is 0.146. The van der Waals surface area contributed by atoms with E-state index in [1.54, 1.807) is 0 Å². The molecule has 0 aliphatic rings. The Morgan fingerprint density at radius 1 is 0.765 bits per heavy atom. The third kappa shape index (κ3) is 2.85. The van der Waals surface area contributed by atoms with Crippen LogP contribution in [0.4, 0.5) is 0 Å². The van der Waals surface area contributed by atoms with Gasteiger partial charge in [0.15, 0.2) is 0 Å². The molecule has 0 heterocycles. The van der Waals surface area contributed by atoms with Crippen molar-refractivity contribution in [2.75, 3.05) is 0 Å². The molecule has 0 saturated heterocycles. The predicted molar refractivity (Wildman–Crippen MR) is 78.2 cm³/mol. The number of rotatable bonds is 3. The number of alkyl halides is 1. The standard InChI is InChI=1S/C16H25Cl/c1-9(2)8-15(17)16-13(6)11(4)10(3)12(5)14(16)7/h9,15H,8H2,1-7H3. The van der Waals surface area contributed by atoms with Crippen LogP contribution in [-0.2, 0) is 0 Å². The number of benzene rings is 1. The number of hydrogen-bond acceptors (Lipinski definition) is 0. The zero-order valence-corrected chi connectivity index (χ0v) is 13.0. The Morgan fingerprint density at radius 2 is 1.12 bits per heavy atom. The fourth-order valence-electron chi connectivity index (χ4n) is 2.53. The maximum atomic E-state index is 6.61. The largest absolute Gasteiger partial charge is 0.118 e. The van der Waals surface area contributed by atoms with Crippen molar-refractivity contribution in [2.45, 2.75) is 60.3 Å². The molecule has 1 aromatic carbocycles. The first kappa shape index (κ1) is 14.6. The monoisotopic (exact) mass is 252 g/mol. The van der Waals surface area contributed by atoms with Gasteiger partial charge in [0.1, 0.15) is 0 Å². The first-order valence-corrected chi connectivity index (χ1v) is 6.91. The first-order chi connectivity index (χ1) is 7.77. The van der Waals surface area contributed by atoms with E-state index in [9.17, 15) is 0 Å². The van der Waals surface area contributed by atoms with E-state index in [1.807, 2.05) is 0 Å². The van der Waals surface area contributed by atoms with Gasteiger partial charge in [-0.2, -0.15) is 0 Å². The Balaban J connectivity index is 3.33. The smallest absolute Gasteiger partial charge is 0.0593 e. The van der Waals surface area contributed by atoms with Gasteiger partial charge >= 0.3 is 0 Å². The van der Waals surface area contributed by atoms with Crippen LogP contribution >= 0.6 is 11.6 Å². The Hall–Kier alpha value is -0.490. The average Bonchev–Trinajstić information content (AvgIpc) is 2.23. The topological polar surface area (TPSA) is 0 Å². The SMILES string of the molecule is Cc1c(C)c(C)c(C(Cl)CC(C)C)c(C)c1C. The van der Waals surface area contributed by atoms with Gasteiger partial charge in [-0.3, -0.25) is 0 Å². The lowest BCUT2D eigenvalue weighted by molar-refractivity contribution is 0.572. The van der Waals surface area contributed by atoms with E-state index in [0.29, 0.717) is 5.92 Å². The molecule has 0 fully saturated rings. The zero-order valence-electron chi connectivity index (χ0n) is 12.2. The maximum Gasteiger partial charge on any atom is 0.0593 e. The molecule has 0 amide bonds. The van der Waals surface area contributed by atoms with Crippen LogP contribution in [-0.4, -0.2) is 0 Å². The van der Waals surface area contributed by atoms with Crippen LogP contribution < -0.4 is 0 Å². The maximum absolute atomic E-state index is 6.61. The molecule has 0 aliphatic heterocycles. The minimum Gasteiger partial charge on any atom is -0.118 e. The summed E-state index contributed by atoms with van der Waals surface area (Å²) in [5.74, 6) is 0.637. The van der Waals surface area contributed by atoms with Crippen molar-refractivity contribution in [3.8, 4) is 0 Å². The molecular weight excluding hydrogens is 228 g/mol. The second kappa shape index (κ2) is 5.44. The molecule has 0 bridgehead atoms. The zero-order chi connectivity index (χ0) is 13.3. The van der Waals surface area contributed by atoms with Crippen molar-refractivity contribution in [1.82, 2.24) is 0 Å². The summed E-state index contributed by atoms with van der Waals surface area (Å²) in [6.45, 7) is 15.5. The minimum absolute atomic E-state index is 0.146. The molecular formula is C16H25Cl. The van der Waals surface area contributed by atoms with E-state index >= 15 is 0 Å². The van der Waals surface area contributed by atoms with Crippen LogP contribution in [0.1, 0.15) is 59.0 Å². The lowest BCUT2D eigenvalue weighted by Crippen LogP contribution is -2.06. The van der Waals surface area contributed by atoms with Gasteiger partial charge in [0.25, 0.3) is 0 Å². The quantitative estimate of drug-likeness (QED) is 0.619. The summed E-state index contributed by atoms with van der Waals surface area (Å²) in [5, 5.41) is 0.146. The molecule has 17 heavy (non-hydrogen) atoms. The highest BCUT2D eigenvalue weighted by Crippen LogP contribution is 2.36. The summed E-state index contributed by atoms with van der Waals surface area (Å²) in [6, 6.07) is 0. The normalized spacial score (nSPS) is 13.2. The van der Waals surface area contributed by atoms with E-state index in [-0.39, 0.29) is 5.38 Å². The van der Waals surface area contributed by atoms with Gasteiger partial charge in [-0.1, -0.05) is 13.8 Å². The Kier molecular flexibility index (Phi) is 4.66. The molecule has 1 heteroatoms. The van der Waals surface area contributed by atoms with Gasteiger partial charge in [-0.05, 0) is 80.3 Å². The molecule has 0 radical (unpaired) electrons. The van der Waals surface area contributed by atoms with Crippen molar-refractivity contribution < 1.29 is 0 Å². The fraction of sp³-hybridized carbons (Fsp3) is 0.625. The van der Waals surface area contributed by atoms with E-state index in [2.05, 4.69) is 48.5 Å². The van der Waals surface area contributed by atoms with Crippen molar-refractivity contribution in [3.05, 3.63) is 33.4 Å². The summed E-state index contributed by atoms with van der Waals surface area (Å²) in [6.07, 6.45) is 1.05. The van der Waals surface area contributed by atoms with Crippen molar-refractivity contribution in [2.24, 2.45) is 5.92 Å². The predicted octanol–water partition coefficient (Wildman–Crippen LogP) is 5.55. The lowest BCUT2D eigenvalue weighted by Gasteiger charge is -2.23. The van der Waals surface area contributed by atoms with Gasteiger partial charge in [0.2, 0.25) is 0 Å². The van der Waals surface area contributed by atoms with Crippen LogP contribution in [0.2, 0.25) is 0 Å². The third-order valence-electron chi connectivity index (χ3n) is 4.05. The van der Waals surface area contributed by atoms with Crippen molar-refractivity contribution >= 4 is 11.6 Å². The van der Waals surface area contributed by atoms with Gasteiger partial charge in [-0.25, -0.2) is 0 Å². The molecule has 0 N–H and O–H groups in total. The van der Waals surface area contributed by atoms with E-state index in [0.717, 1.165) is 6.42 Å². The second-order valence-electron chi connectivity index (χ2n) is 5.64. The van der Waals surface area contributed by atoms with Crippen LogP contribution in [0, 0.1) is 40.5 Å². The lowest BCUT2D eigenvalue weighted by atomic mass is 9.86. The third-order valence-corrected chi connectivity index (χ3v) is 4.45. The first-order valence-electron chi connectivity index (χ1n) is 6.48. The van der Waals surface area contributed by atoms with E-state index < -0.39 is 0 Å². The van der Waals surface area contributed by atoms with Crippen LogP contribution in [0.3, 0.4) is 0 Å². The summed E-state index contributed by atoms with van der Waals surface area (Å²) < 4.78 is 0. The number of hydrogen-bond donors (Lipinski definition) is 0. The van der Waals surface area contributed by atoms with Crippen molar-refractivity contribution in [1.29, 1.82) is 0 Å². The van der Waals surface area contributed by atoms with Crippen LogP contribution in [0.5, 0.6) is 0 Å². The summed E-state index contributed by atoms with van der Waals surface area (Å²) in [4.78, 5) is 0. The number of halogens is 1. The van der Waals surface area contributed by atoms with E-state index in [1.165, 1.54) is 33.4 Å². The Labute approximate surface area is 111 Å². The second-order valence-corrected chi connectivity index (χ2v) is 6.16. The van der Waals surface area contributed by atoms with Crippen LogP contribution in [0.15, 0.2) is 0 Å². The summed E-state index contributed by atoms with van der Waals surface area (Å²) in [5.41, 5.74) is 8.34. The molecule has 1 rings (SSSR count). The fourth-order valence-corrected chi connectivity index (χ4v) is 3.21. The van der Waals surface area contributed by atoms with Crippen LogP contribution in [0.25, 0.3) is 0 Å². The molecule has 0 aliphatic carbocycles. The Morgan fingerprint density at radius 3 is 1.47 bits per heavy atom. The molecule has 96 valence electrons. The van der Waals surface area contributed by atoms with Crippen molar-refractivity contribution in [3.63, 3.8) is 0 Å². The van der Waals surface area contributed by atoms with Gasteiger partial charge in [0, 0.05) is 0 Å². The highest BCUT2D eigenvalue weighted by Gasteiger charge is 2.19. The average molecular weight is 253 g/mol. The van der Waals surface area contributed by atoms with Gasteiger partial charge < -0.3 is 0 Å². The molecule has 0 spiro atoms. The van der Waals surface area contributed by atoms with Gasteiger partial charge in [-0.15, -0.1) is 11.6 Å². The molecule has 0 aromatic heterocycles. The summed E-state index contributed by atoms with van der Waals surface area (Å²) >= 11 is 6.61. The van der Waals surface area contributed by atoms with Gasteiger partial charge in [0.05, 0.1) is 5.38 Å². The molecule has 0 nitrogen and oxygen atoms in total. The molecule has 0 saturated carbocycles. The summed E-state index contributed by atoms with van der Waals surface area (Å²) in [7, 11) is 0. The molecule has 1 atom stereocenters. The Bertz CT molecular complexity index is 387. The molecule has 1 unspecified atom stereocenters. The highest BCUT2D eigenvalue weighted by atomic mass is 35.5. The van der Waals surface area contributed by atoms with E-state index in [4.69, 9.17) is 11.6 Å². The molecule has 1 aromatic rings.